The van der Waals surface area contributed by atoms with E-state index in [4.69, 9.17) is 0 Å². The Bertz CT molecular complexity index is 54.9. The average molecular weight is 131 g/mol. The first-order valence-electron chi connectivity index (χ1n) is 3.35. The van der Waals surface area contributed by atoms with Crippen molar-refractivity contribution in [2.45, 2.75) is 39.0 Å². The fourth-order valence-electron chi connectivity index (χ4n) is 0.654. The molecule has 0 aromatic heterocycles. The standard InChI is InChI=1S/C7H14O.H3N/c1-2-3-4-5-6-7-8;/h7H,2-6H2,1H3;1H3. The molecule has 0 atom stereocenters. The number of aldehydes is 1. The molecule has 9 heavy (non-hydrogen) atoms. The van der Waals surface area contributed by atoms with Gasteiger partial charge in [0, 0.05) is 6.42 Å². The highest BCUT2D eigenvalue weighted by Crippen LogP contribution is 1.99. The molecule has 0 aliphatic rings. The highest BCUT2D eigenvalue weighted by molar-refractivity contribution is 5.48. The third kappa shape index (κ3) is 11.3. The van der Waals surface area contributed by atoms with Crippen molar-refractivity contribution >= 4 is 6.29 Å². The topological polar surface area (TPSA) is 52.1 Å². The summed E-state index contributed by atoms with van der Waals surface area (Å²) in [7, 11) is 0. The van der Waals surface area contributed by atoms with Crippen LogP contribution in [0.3, 0.4) is 0 Å². The summed E-state index contributed by atoms with van der Waals surface area (Å²) in [5.41, 5.74) is 0. The molecule has 0 rings (SSSR count). The minimum Gasteiger partial charge on any atom is -0.344 e. The van der Waals surface area contributed by atoms with Crippen LogP contribution in [-0.2, 0) is 4.79 Å². The van der Waals surface area contributed by atoms with Gasteiger partial charge in [-0.1, -0.05) is 26.2 Å². The van der Waals surface area contributed by atoms with Gasteiger partial charge in [0.05, 0.1) is 0 Å². The van der Waals surface area contributed by atoms with E-state index in [2.05, 4.69) is 6.92 Å². The SMILES string of the molecule is CCCCCCC=O.N. The van der Waals surface area contributed by atoms with Gasteiger partial charge in [-0.25, -0.2) is 0 Å². The Balaban J connectivity index is 0. The van der Waals surface area contributed by atoms with Gasteiger partial charge in [0.25, 0.3) is 0 Å². The van der Waals surface area contributed by atoms with Crippen LogP contribution in [0.1, 0.15) is 39.0 Å². The molecule has 0 amide bonds. The lowest BCUT2D eigenvalue weighted by atomic mass is 10.2. The van der Waals surface area contributed by atoms with Crippen LogP contribution in [0.2, 0.25) is 0 Å². The van der Waals surface area contributed by atoms with E-state index in [-0.39, 0.29) is 6.15 Å². The Labute approximate surface area is 57.2 Å². The van der Waals surface area contributed by atoms with Crippen LogP contribution in [0.5, 0.6) is 0 Å². The average Bonchev–Trinajstić information content (AvgIpc) is 1.81. The van der Waals surface area contributed by atoms with E-state index >= 15 is 0 Å². The van der Waals surface area contributed by atoms with Crippen molar-refractivity contribution in [2.75, 3.05) is 0 Å². The number of hydrogen-bond donors (Lipinski definition) is 1. The van der Waals surface area contributed by atoms with Gasteiger partial charge < -0.3 is 10.9 Å². The van der Waals surface area contributed by atoms with Crippen molar-refractivity contribution in [1.29, 1.82) is 0 Å². The largest absolute Gasteiger partial charge is 0.344 e. The maximum absolute atomic E-state index is 9.77. The molecule has 0 saturated heterocycles. The van der Waals surface area contributed by atoms with E-state index in [0.717, 1.165) is 19.1 Å². The molecule has 2 heteroatoms. The number of hydrogen-bond acceptors (Lipinski definition) is 2. The summed E-state index contributed by atoms with van der Waals surface area (Å²) < 4.78 is 0. The summed E-state index contributed by atoms with van der Waals surface area (Å²) in [4.78, 5) is 9.77. The smallest absolute Gasteiger partial charge is 0.119 e. The molecule has 0 saturated carbocycles. The molecule has 0 aliphatic heterocycles. The Morgan fingerprint density at radius 3 is 2.33 bits per heavy atom. The van der Waals surface area contributed by atoms with E-state index in [1.165, 1.54) is 19.3 Å². The second-order valence-electron chi connectivity index (χ2n) is 2.02. The van der Waals surface area contributed by atoms with Gasteiger partial charge in [-0.2, -0.15) is 0 Å². The minimum absolute atomic E-state index is 0. The summed E-state index contributed by atoms with van der Waals surface area (Å²) in [5.74, 6) is 0. The van der Waals surface area contributed by atoms with Crippen molar-refractivity contribution in [3.05, 3.63) is 0 Å². The molecule has 3 N–H and O–H groups in total. The molecule has 0 spiro atoms. The third-order valence-corrected chi connectivity index (χ3v) is 1.18. The van der Waals surface area contributed by atoms with E-state index in [9.17, 15) is 4.79 Å². The van der Waals surface area contributed by atoms with Crippen LogP contribution < -0.4 is 6.15 Å². The van der Waals surface area contributed by atoms with Crippen molar-refractivity contribution in [2.24, 2.45) is 0 Å². The molecule has 0 unspecified atom stereocenters. The van der Waals surface area contributed by atoms with Crippen molar-refractivity contribution in [3.8, 4) is 0 Å². The summed E-state index contributed by atoms with van der Waals surface area (Å²) >= 11 is 0. The molecule has 0 aliphatic carbocycles. The lowest BCUT2D eigenvalue weighted by molar-refractivity contribution is -0.107. The van der Waals surface area contributed by atoms with Crippen LogP contribution in [0.4, 0.5) is 0 Å². The Morgan fingerprint density at radius 2 is 1.89 bits per heavy atom. The second kappa shape index (κ2) is 10.6. The van der Waals surface area contributed by atoms with Gasteiger partial charge >= 0.3 is 0 Å². The predicted octanol–water partition coefficient (Wildman–Crippen LogP) is 2.32. The Hall–Kier alpha value is -0.370. The zero-order valence-corrected chi connectivity index (χ0v) is 6.23. The van der Waals surface area contributed by atoms with Crippen LogP contribution in [0.15, 0.2) is 0 Å². The maximum atomic E-state index is 9.77. The van der Waals surface area contributed by atoms with Crippen LogP contribution >= 0.6 is 0 Å². The fourth-order valence-corrected chi connectivity index (χ4v) is 0.654. The van der Waals surface area contributed by atoms with E-state index in [1.54, 1.807) is 0 Å². The minimum atomic E-state index is 0. The Kier molecular flexibility index (Phi) is 13.4. The fraction of sp³-hybridized carbons (Fsp3) is 0.857. The normalized spacial score (nSPS) is 8.11. The second-order valence-corrected chi connectivity index (χ2v) is 2.02. The zero-order valence-electron chi connectivity index (χ0n) is 6.23. The molecule has 56 valence electrons. The molecule has 0 aromatic rings. The number of carbonyl (C=O) groups excluding carboxylic acids is 1. The van der Waals surface area contributed by atoms with Crippen LogP contribution in [0, 0.1) is 0 Å². The number of unbranched alkanes of at least 4 members (excludes halogenated alkanes) is 4. The first-order chi connectivity index (χ1) is 3.91. The Morgan fingerprint density at radius 1 is 1.22 bits per heavy atom. The first kappa shape index (κ1) is 11.4. The van der Waals surface area contributed by atoms with Crippen LogP contribution in [-0.4, -0.2) is 6.29 Å². The summed E-state index contributed by atoms with van der Waals surface area (Å²) in [6.07, 6.45) is 6.56. The first-order valence-corrected chi connectivity index (χ1v) is 3.35. The van der Waals surface area contributed by atoms with Gasteiger partial charge in [0.1, 0.15) is 6.29 Å². The highest BCUT2D eigenvalue weighted by Gasteiger charge is 1.83. The van der Waals surface area contributed by atoms with E-state index in [1.807, 2.05) is 0 Å². The quantitative estimate of drug-likeness (QED) is 0.460. The molecule has 0 bridgehead atoms. The highest BCUT2D eigenvalue weighted by atomic mass is 16.1. The number of rotatable bonds is 5. The summed E-state index contributed by atoms with van der Waals surface area (Å²) in [6, 6.07) is 0. The van der Waals surface area contributed by atoms with Crippen molar-refractivity contribution < 1.29 is 4.79 Å². The van der Waals surface area contributed by atoms with Gasteiger partial charge in [-0.3, -0.25) is 0 Å². The zero-order chi connectivity index (χ0) is 6.24. The molecule has 0 radical (unpaired) electrons. The molecular weight excluding hydrogens is 114 g/mol. The maximum Gasteiger partial charge on any atom is 0.119 e. The van der Waals surface area contributed by atoms with Gasteiger partial charge in [0.15, 0.2) is 0 Å². The van der Waals surface area contributed by atoms with E-state index < -0.39 is 0 Å². The number of carbonyl (C=O) groups is 1. The van der Waals surface area contributed by atoms with Crippen molar-refractivity contribution in [1.82, 2.24) is 6.15 Å². The molecule has 0 fully saturated rings. The van der Waals surface area contributed by atoms with Crippen molar-refractivity contribution in [3.63, 3.8) is 0 Å². The van der Waals surface area contributed by atoms with Gasteiger partial charge in [0.2, 0.25) is 0 Å². The molecule has 0 heterocycles. The molecule has 2 nitrogen and oxygen atoms in total. The molecule has 0 aromatic carbocycles. The monoisotopic (exact) mass is 131 g/mol. The van der Waals surface area contributed by atoms with E-state index in [0.29, 0.717) is 0 Å². The van der Waals surface area contributed by atoms with Gasteiger partial charge in [-0.15, -0.1) is 0 Å². The third-order valence-electron chi connectivity index (χ3n) is 1.18. The van der Waals surface area contributed by atoms with Gasteiger partial charge in [-0.05, 0) is 6.42 Å². The lowest BCUT2D eigenvalue weighted by Gasteiger charge is -1.90. The predicted molar refractivity (Wildman–Crippen MR) is 39.8 cm³/mol. The lowest BCUT2D eigenvalue weighted by Crippen LogP contribution is -1.76. The summed E-state index contributed by atoms with van der Waals surface area (Å²) in [5, 5.41) is 0. The van der Waals surface area contributed by atoms with Crippen LogP contribution in [0.25, 0.3) is 0 Å². The summed E-state index contributed by atoms with van der Waals surface area (Å²) in [6.45, 7) is 2.17. The molecular formula is C7H17NO.